The second-order valence-electron chi connectivity index (χ2n) is 5.31. The van der Waals surface area contributed by atoms with Gasteiger partial charge in [-0.15, -0.1) is 22.7 Å². The van der Waals surface area contributed by atoms with Gasteiger partial charge in [0.15, 0.2) is 0 Å². The third kappa shape index (κ3) is 7.75. The number of carbonyl (C=O) groups excluding carboxylic acids is 2. The van der Waals surface area contributed by atoms with Crippen LogP contribution in [0.5, 0.6) is 0 Å². The number of thiophene rings is 2. The van der Waals surface area contributed by atoms with Gasteiger partial charge in [-0.3, -0.25) is 9.59 Å². The number of ether oxygens (including phenoxy) is 2. The first-order valence-electron chi connectivity index (χ1n) is 8.10. The van der Waals surface area contributed by atoms with Crippen LogP contribution in [-0.2, 0) is 31.9 Å². The maximum Gasteiger partial charge on any atom is 0.305 e. The second kappa shape index (κ2) is 11.0. The maximum absolute atomic E-state index is 11.6. The maximum atomic E-state index is 11.6. The van der Waals surface area contributed by atoms with Gasteiger partial charge >= 0.3 is 11.9 Å². The molecular formula is C18H22O4S2. The lowest BCUT2D eigenvalue weighted by molar-refractivity contribution is -0.145. The minimum absolute atomic E-state index is 0.197. The minimum atomic E-state index is -0.197. The Bertz CT molecular complexity index is 536. The lowest BCUT2D eigenvalue weighted by atomic mass is 10.2. The standard InChI is InChI=1S/C18H22O4S2/c19-17(21-11-9-15-5-3-13-23-15)7-1-2-8-18(20)22-12-10-16-6-4-14-24-16/h3-6,13-14H,1-2,7-12H2. The predicted octanol–water partition coefficient (Wildman–Crippen LogP) is 4.24. The number of hydrogen-bond acceptors (Lipinski definition) is 6. The molecule has 2 aromatic rings. The summed E-state index contributed by atoms with van der Waals surface area (Å²) in [4.78, 5) is 25.6. The first kappa shape index (κ1) is 18.7. The molecular weight excluding hydrogens is 344 g/mol. The van der Waals surface area contributed by atoms with Gasteiger partial charge in [0, 0.05) is 35.4 Å². The van der Waals surface area contributed by atoms with Gasteiger partial charge in [0.05, 0.1) is 13.2 Å². The van der Waals surface area contributed by atoms with Gasteiger partial charge in [-0.25, -0.2) is 0 Å². The summed E-state index contributed by atoms with van der Waals surface area (Å²) in [6, 6.07) is 8.04. The molecule has 0 fully saturated rings. The molecule has 0 unspecified atom stereocenters. The second-order valence-corrected chi connectivity index (χ2v) is 7.37. The summed E-state index contributed by atoms with van der Waals surface area (Å²) in [5.74, 6) is -0.393. The Balaban J connectivity index is 1.43. The van der Waals surface area contributed by atoms with E-state index in [0.29, 0.717) is 38.9 Å². The van der Waals surface area contributed by atoms with E-state index in [-0.39, 0.29) is 11.9 Å². The van der Waals surface area contributed by atoms with Crippen LogP contribution >= 0.6 is 22.7 Å². The van der Waals surface area contributed by atoms with Crippen molar-refractivity contribution in [1.29, 1.82) is 0 Å². The Labute approximate surface area is 150 Å². The number of carbonyl (C=O) groups is 2. The molecule has 0 radical (unpaired) electrons. The Morgan fingerprint density at radius 3 is 1.62 bits per heavy atom. The Hall–Kier alpha value is -1.66. The molecule has 24 heavy (non-hydrogen) atoms. The van der Waals surface area contributed by atoms with Gasteiger partial charge < -0.3 is 9.47 Å². The molecule has 0 atom stereocenters. The van der Waals surface area contributed by atoms with Crippen molar-refractivity contribution >= 4 is 34.6 Å². The fourth-order valence-electron chi connectivity index (χ4n) is 2.12. The van der Waals surface area contributed by atoms with E-state index in [1.165, 1.54) is 9.75 Å². The fourth-order valence-corrected chi connectivity index (χ4v) is 3.50. The van der Waals surface area contributed by atoms with E-state index in [1.807, 2.05) is 35.0 Å². The molecule has 0 aliphatic carbocycles. The normalized spacial score (nSPS) is 10.5. The third-order valence-electron chi connectivity index (χ3n) is 3.40. The lowest BCUT2D eigenvalue weighted by Gasteiger charge is -2.05. The first-order valence-corrected chi connectivity index (χ1v) is 9.86. The van der Waals surface area contributed by atoms with Gasteiger partial charge in [-0.1, -0.05) is 12.1 Å². The van der Waals surface area contributed by atoms with Crippen molar-refractivity contribution < 1.29 is 19.1 Å². The molecule has 2 rings (SSSR count). The molecule has 0 bridgehead atoms. The lowest BCUT2D eigenvalue weighted by Crippen LogP contribution is -2.09. The average molecular weight is 367 g/mol. The topological polar surface area (TPSA) is 52.6 Å². The zero-order valence-electron chi connectivity index (χ0n) is 13.6. The van der Waals surface area contributed by atoms with Crippen LogP contribution in [0.15, 0.2) is 35.0 Å². The minimum Gasteiger partial charge on any atom is -0.465 e. The van der Waals surface area contributed by atoms with Crippen LogP contribution in [0.25, 0.3) is 0 Å². The van der Waals surface area contributed by atoms with Crippen molar-refractivity contribution in [3.63, 3.8) is 0 Å². The number of rotatable bonds is 11. The largest absolute Gasteiger partial charge is 0.465 e. The molecule has 0 aliphatic rings. The Morgan fingerprint density at radius 1 is 0.792 bits per heavy atom. The highest BCUT2D eigenvalue weighted by Gasteiger charge is 2.07. The van der Waals surface area contributed by atoms with Crippen LogP contribution in [0.3, 0.4) is 0 Å². The molecule has 0 aromatic carbocycles. The zero-order chi connectivity index (χ0) is 17.0. The van der Waals surface area contributed by atoms with Crippen LogP contribution in [0, 0.1) is 0 Å². The van der Waals surface area contributed by atoms with E-state index < -0.39 is 0 Å². The van der Waals surface area contributed by atoms with Crippen LogP contribution in [0.4, 0.5) is 0 Å². The monoisotopic (exact) mass is 366 g/mol. The van der Waals surface area contributed by atoms with Crippen LogP contribution in [0.1, 0.15) is 35.4 Å². The Morgan fingerprint density at radius 2 is 1.25 bits per heavy atom. The van der Waals surface area contributed by atoms with Crippen molar-refractivity contribution in [3.8, 4) is 0 Å². The fraction of sp³-hybridized carbons (Fsp3) is 0.444. The van der Waals surface area contributed by atoms with Gasteiger partial charge in [0.25, 0.3) is 0 Å². The number of hydrogen-bond donors (Lipinski definition) is 0. The molecule has 4 nitrogen and oxygen atoms in total. The zero-order valence-corrected chi connectivity index (χ0v) is 15.2. The summed E-state index contributed by atoms with van der Waals surface area (Å²) >= 11 is 3.33. The van der Waals surface area contributed by atoms with Crippen molar-refractivity contribution in [2.45, 2.75) is 38.5 Å². The summed E-state index contributed by atoms with van der Waals surface area (Å²) in [7, 11) is 0. The summed E-state index contributed by atoms with van der Waals surface area (Å²) < 4.78 is 10.4. The van der Waals surface area contributed by atoms with Gasteiger partial charge in [0.2, 0.25) is 0 Å². The van der Waals surface area contributed by atoms with Crippen LogP contribution in [-0.4, -0.2) is 25.2 Å². The van der Waals surface area contributed by atoms with E-state index in [0.717, 1.165) is 12.8 Å². The van der Waals surface area contributed by atoms with Crippen LogP contribution in [0.2, 0.25) is 0 Å². The quantitative estimate of drug-likeness (QED) is 0.441. The first-order chi connectivity index (χ1) is 11.7. The van der Waals surface area contributed by atoms with E-state index in [9.17, 15) is 9.59 Å². The molecule has 2 heterocycles. The molecule has 6 heteroatoms. The third-order valence-corrected chi connectivity index (χ3v) is 5.27. The molecule has 0 aliphatic heterocycles. The highest BCUT2D eigenvalue weighted by Crippen LogP contribution is 2.11. The summed E-state index contributed by atoms with van der Waals surface area (Å²) in [5, 5.41) is 4.02. The molecule has 130 valence electrons. The summed E-state index contributed by atoms with van der Waals surface area (Å²) in [5.41, 5.74) is 0. The van der Waals surface area contributed by atoms with E-state index in [2.05, 4.69) is 0 Å². The highest BCUT2D eigenvalue weighted by atomic mass is 32.1. The van der Waals surface area contributed by atoms with Gasteiger partial charge in [-0.2, -0.15) is 0 Å². The number of esters is 2. The SMILES string of the molecule is O=C(CCCCC(=O)OCCc1cccs1)OCCc1cccs1. The summed E-state index contributed by atoms with van der Waals surface area (Å²) in [6.45, 7) is 0.841. The van der Waals surface area contributed by atoms with E-state index in [1.54, 1.807) is 22.7 Å². The predicted molar refractivity (Wildman–Crippen MR) is 96.4 cm³/mol. The smallest absolute Gasteiger partial charge is 0.305 e. The Kier molecular flexibility index (Phi) is 8.55. The average Bonchev–Trinajstić information content (AvgIpc) is 3.25. The molecule has 0 N–H and O–H groups in total. The number of unbranched alkanes of at least 4 members (excludes halogenated alkanes) is 1. The molecule has 0 saturated carbocycles. The van der Waals surface area contributed by atoms with Crippen molar-refractivity contribution in [3.05, 3.63) is 44.8 Å². The highest BCUT2D eigenvalue weighted by molar-refractivity contribution is 7.10. The molecule has 0 amide bonds. The molecule has 2 aromatic heterocycles. The van der Waals surface area contributed by atoms with Crippen molar-refractivity contribution in [2.75, 3.05) is 13.2 Å². The van der Waals surface area contributed by atoms with Crippen LogP contribution < -0.4 is 0 Å². The van der Waals surface area contributed by atoms with E-state index in [4.69, 9.17) is 9.47 Å². The van der Waals surface area contributed by atoms with Gasteiger partial charge in [0.1, 0.15) is 0 Å². The molecule has 0 spiro atoms. The van der Waals surface area contributed by atoms with E-state index >= 15 is 0 Å². The summed E-state index contributed by atoms with van der Waals surface area (Å²) in [6.07, 6.45) is 3.54. The van der Waals surface area contributed by atoms with Gasteiger partial charge in [-0.05, 0) is 35.7 Å². The van der Waals surface area contributed by atoms with Crippen molar-refractivity contribution in [1.82, 2.24) is 0 Å². The van der Waals surface area contributed by atoms with Crippen molar-refractivity contribution in [2.24, 2.45) is 0 Å². The molecule has 0 saturated heterocycles.